The predicted octanol–water partition coefficient (Wildman–Crippen LogP) is 4.27. The van der Waals surface area contributed by atoms with Gasteiger partial charge in [-0.3, -0.25) is 4.79 Å². The van der Waals surface area contributed by atoms with Gasteiger partial charge in [-0.1, -0.05) is 26.0 Å². The Hall–Kier alpha value is -2.12. The highest BCUT2D eigenvalue weighted by Gasteiger charge is 2.22. The second kappa shape index (κ2) is 7.05. The number of nitriles is 1. The Morgan fingerprint density at radius 2 is 2.00 bits per heavy atom. The van der Waals surface area contributed by atoms with E-state index in [0.717, 1.165) is 5.75 Å². The summed E-state index contributed by atoms with van der Waals surface area (Å²) in [6.45, 7) is 4.81. The normalized spacial score (nSPS) is 11.9. The molecular formula is C17H17NO2S. The summed E-state index contributed by atoms with van der Waals surface area (Å²) in [5.41, 5.74) is 1.29. The number of nitrogens with zero attached hydrogens (tertiary/aromatic N) is 1. The number of ketones is 1. The lowest BCUT2D eigenvalue weighted by Gasteiger charge is -2.11. The van der Waals surface area contributed by atoms with Crippen molar-refractivity contribution in [3.8, 4) is 11.8 Å². The highest BCUT2D eigenvalue weighted by Crippen LogP contribution is 2.24. The van der Waals surface area contributed by atoms with Crippen molar-refractivity contribution in [2.45, 2.75) is 19.8 Å². The number of carbonyl (C=O) groups excluding carboxylic acids is 1. The summed E-state index contributed by atoms with van der Waals surface area (Å²) >= 11 is 1.45. The van der Waals surface area contributed by atoms with Gasteiger partial charge in [-0.05, 0) is 35.1 Å². The average Bonchev–Trinajstić information content (AvgIpc) is 3.01. The number of thiophene rings is 1. The molecule has 0 radical (unpaired) electrons. The number of benzene rings is 1. The zero-order valence-corrected chi connectivity index (χ0v) is 12.9. The monoisotopic (exact) mass is 299 g/mol. The van der Waals surface area contributed by atoms with E-state index in [2.05, 4.69) is 19.9 Å². The molecule has 0 aliphatic rings. The molecule has 21 heavy (non-hydrogen) atoms. The first kappa shape index (κ1) is 15.3. The Balaban J connectivity index is 2.12. The van der Waals surface area contributed by atoms with Crippen LogP contribution in [0.2, 0.25) is 0 Å². The van der Waals surface area contributed by atoms with Crippen molar-refractivity contribution in [1.29, 1.82) is 5.26 Å². The maximum Gasteiger partial charge on any atom is 0.185 e. The van der Waals surface area contributed by atoms with Crippen molar-refractivity contribution >= 4 is 17.1 Å². The third-order valence-corrected chi connectivity index (χ3v) is 3.68. The summed E-state index contributed by atoms with van der Waals surface area (Å²) in [4.78, 5) is 12.3. The van der Waals surface area contributed by atoms with Gasteiger partial charge < -0.3 is 4.74 Å². The zero-order chi connectivity index (χ0) is 15.2. The van der Waals surface area contributed by atoms with Crippen LogP contribution >= 0.6 is 11.3 Å². The van der Waals surface area contributed by atoms with E-state index in [4.69, 9.17) is 4.74 Å². The van der Waals surface area contributed by atoms with E-state index in [9.17, 15) is 10.1 Å². The van der Waals surface area contributed by atoms with E-state index < -0.39 is 5.92 Å². The van der Waals surface area contributed by atoms with Crippen LogP contribution in [0.4, 0.5) is 0 Å². The quantitative estimate of drug-likeness (QED) is 0.748. The molecular weight excluding hydrogens is 282 g/mol. The lowest BCUT2D eigenvalue weighted by atomic mass is 9.93. The predicted molar refractivity (Wildman–Crippen MR) is 83.8 cm³/mol. The molecule has 108 valence electrons. The van der Waals surface area contributed by atoms with Gasteiger partial charge >= 0.3 is 0 Å². The summed E-state index contributed by atoms with van der Waals surface area (Å²) in [6.07, 6.45) is 0. The minimum atomic E-state index is -0.765. The van der Waals surface area contributed by atoms with Gasteiger partial charge in [-0.25, -0.2) is 0 Å². The number of hydrogen-bond donors (Lipinski definition) is 0. The number of ether oxygens (including phenoxy) is 1. The van der Waals surface area contributed by atoms with Crippen molar-refractivity contribution in [3.63, 3.8) is 0 Å². The Labute approximate surface area is 128 Å². The van der Waals surface area contributed by atoms with E-state index >= 15 is 0 Å². The molecule has 1 aromatic carbocycles. The van der Waals surface area contributed by atoms with Gasteiger partial charge in [-0.2, -0.15) is 16.6 Å². The van der Waals surface area contributed by atoms with E-state index in [0.29, 0.717) is 23.7 Å². The molecule has 0 saturated carbocycles. The number of hydrogen-bond acceptors (Lipinski definition) is 4. The molecule has 0 fully saturated rings. The maximum atomic E-state index is 12.3. The SMILES string of the molecule is CC(C)COc1ccc(C(C#N)C(=O)c2ccsc2)cc1. The minimum Gasteiger partial charge on any atom is -0.493 e. The average molecular weight is 299 g/mol. The van der Waals surface area contributed by atoms with Crippen molar-refractivity contribution in [2.75, 3.05) is 6.61 Å². The van der Waals surface area contributed by atoms with E-state index in [1.165, 1.54) is 11.3 Å². The summed E-state index contributed by atoms with van der Waals surface area (Å²) in [7, 11) is 0. The Morgan fingerprint density at radius 1 is 1.29 bits per heavy atom. The first-order valence-corrected chi connectivity index (χ1v) is 7.75. The summed E-state index contributed by atoms with van der Waals surface area (Å²) < 4.78 is 5.60. The molecule has 0 aliphatic heterocycles. The zero-order valence-electron chi connectivity index (χ0n) is 12.1. The fraction of sp³-hybridized carbons (Fsp3) is 0.294. The van der Waals surface area contributed by atoms with Gasteiger partial charge in [-0.15, -0.1) is 0 Å². The van der Waals surface area contributed by atoms with E-state index in [-0.39, 0.29) is 5.78 Å². The number of carbonyl (C=O) groups is 1. The largest absolute Gasteiger partial charge is 0.493 e. The van der Waals surface area contributed by atoms with E-state index in [1.807, 2.05) is 17.5 Å². The Bertz CT molecular complexity index is 624. The molecule has 0 saturated heterocycles. The van der Waals surface area contributed by atoms with Crippen LogP contribution in [0.25, 0.3) is 0 Å². The molecule has 1 aromatic heterocycles. The third kappa shape index (κ3) is 3.93. The molecule has 0 aliphatic carbocycles. The third-order valence-electron chi connectivity index (χ3n) is 2.99. The first-order valence-electron chi connectivity index (χ1n) is 6.80. The molecule has 3 nitrogen and oxygen atoms in total. The summed E-state index contributed by atoms with van der Waals surface area (Å²) in [5, 5.41) is 12.9. The van der Waals surface area contributed by atoms with Gasteiger partial charge in [0.15, 0.2) is 5.78 Å². The molecule has 0 bridgehead atoms. The maximum absolute atomic E-state index is 12.3. The lowest BCUT2D eigenvalue weighted by Crippen LogP contribution is -2.10. The Morgan fingerprint density at radius 3 is 2.52 bits per heavy atom. The number of Topliss-reactive ketones (excluding diaryl/α,β-unsaturated/α-hetero) is 1. The second-order valence-corrected chi connectivity index (χ2v) is 5.99. The van der Waals surface area contributed by atoms with Gasteiger partial charge in [0, 0.05) is 10.9 Å². The topological polar surface area (TPSA) is 50.1 Å². The van der Waals surface area contributed by atoms with Crippen molar-refractivity contribution < 1.29 is 9.53 Å². The van der Waals surface area contributed by atoms with Crippen molar-refractivity contribution in [1.82, 2.24) is 0 Å². The first-order chi connectivity index (χ1) is 10.1. The molecule has 2 aromatic rings. The molecule has 0 spiro atoms. The van der Waals surface area contributed by atoms with Gasteiger partial charge in [0.25, 0.3) is 0 Å². The van der Waals surface area contributed by atoms with Crippen LogP contribution in [-0.4, -0.2) is 12.4 Å². The van der Waals surface area contributed by atoms with Crippen molar-refractivity contribution in [2.24, 2.45) is 5.92 Å². The molecule has 1 unspecified atom stereocenters. The Kier molecular flexibility index (Phi) is 5.13. The van der Waals surface area contributed by atoms with Gasteiger partial charge in [0.2, 0.25) is 0 Å². The molecule has 0 N–H and O–H groups in total. The van der Waals surface area contributed by atoms with Crippen molar-refractivity contribution in [3.05, 3.63) is 52.2 Å². The van der Waals surface area contributed by atoms with Crippen LogP contribution in [0.1, 0.15) is 35.7 Å². The lowest BCUT2D eigenvalue weighted by molar-refractivity contribution is 0.0979. The van der Waals surface area contributed by atoms with E-state index in [1.54, 1.807) is 23.6 Å². The standard InChI is InChI=1S/C17H17NO2S/c1-12(2)10-20-15-5-3-13(4-6-15)16(9-18)17(19)14-7-8-21-11-14/h3-8,11-12,16H,10H2,1-2H3. The summed E-state index contributed by atoms with van der Waals surface area (Å²) in [6, 6.07) is 11.0. The second-order valence-electron chi connectivity index (χ2n) is 5.21. The minimum absolute atomic E-state index is 0.158. The molecule has 0 amide bonds. The van der Waals surface area contributed by atoms with Crippen LogP contribution in [0.3, 0.4) is 0 Å². The van der Waals surface area contributed by atoms with Crippen LogP contribution in [0, 0.1) is 17.2 Å². The fourth-order valence-electron chi connectivity index (χ4n) is 1.88. The van der Waals surface area contributed by atoms with Crippen LogP contribution in [0.5, 0.6) is 5.75 Å². The summed E-state index contributed by atoms with van der Waals surface area (Å²) in [5.74, 6) is 0.289. The number of rotatable bonds is 6. The molecule has 2 rings (SSSR count). The molecule has 4 heteroatoms. The van der Waals surface area contributed by atoms with Crippen LogP contribution < -0.4 is 4.74 Å². The van der Waals surface area contributed by atoms with Crippen LogP contribution in [-0.2, 0) is 0 Å². The van der Waals surface area contributed by atoms with Crippen LogP contribution in [0.15, 0.2) is 41.1 Å². The highest BCUT2D eigenvalue weighted by molar-refractivity contribution is 7.08. The van der Waals surface area contributed by atoms with Gasteiger partial charge in [0.05, 0.1) is 12.7 Å². The van der Waals surface area contributed by atoms with Gasteiger partial charge in [0.1, 0.15) is 11.7 Å². The highest BCUT2D eigenvalue weighted by atomic mass is 32.1. The fourth-order valence-corrected chi connectivity index (χ4v) is 2.52. The molecule has 1 atom stereocenters. The smallest absolute Gasteiger partial charge is 0.185 e. The molecule has 1 heterocycles.